The van der Waals surface area contributed by atoms with Crippen LogP contribution in [0.5, 0.6) is 5.75 Å². The number of rotatable bonds is 9. The van der Waals surface area contributed by atoms with Gasteiger partial charge in [-0.15, -0.1) is 0 Å². The second-order valence-electron chi connectivity index (χ2n) is 9.13. The maximum absolute atomic E-state index is 13.6. The lowest BCUT2D eigenvalue weighted by Crippen LogP contribution is -2.40. The molecule has 0 unspecified atom stereocenters. The third-order valence-electron chi connectivity index (χ3n) is 6.47. The quantitative estimate of drug-likeness (QED) is 0.370. The van der Waals surface area contributed by atoms with E-state index in [9.17, 15) is 13.2 Å². The summed E-state index contributed by atoms with van der Waals surface area (Å²) >= 11 is 3.36. The highest BCUT2D eigenvalue weighted by Gasteiger charge is 2.28. The van der Waals surface area contributed by atoms with Gasteiger partial charge in [-0.05, 0) is 90.1 Å². The summed E-state index contributed by atoms with van der Waals surface area (Å²) in [7, 11) is -2.52. The second-order valence-corrected chi connectivity index (χ2v) is 11.9. The van der Waals surface area contributed by atoms with Crippen LogP contribution in [0.2, 0.25) is 0 Å². The average Bonchev–Trinajstić information content (AvgIpc) is 2.92. The van der Waals surface area contributed by atoms with Gasteiger partial charge in [0.15, 0.2) is 0 Å². The number of nitrogens with zero attached hydrogens (tertiary/aromatic N) is 2. The Labute approximate surface area is 227 Å². The SMILES string of the molecule is COc1ccc(S(=O)(=O)N(CC(=O)NCc2ccc(N3CCCCC3)cc2)c2ccc(C)cc2)cc1Br. The molecule has 0 saturated carbocycles. The molecule has 9 heteroatoms. The zero-order valence-electron chi connectivity index (χ0n) is 21.1. The van der Waals surface area contributed by atoms with Crippen molar-refractivity contribution in [2.45, 2.75) is 37.6 Å². The van der Waals surface area contributed by atoms with Gasteiger partial charge >= 0.3 is 0 Å². The number of hydrogen-bond donors (Lipinski definition) is 1. The van der Waals surface area contributed by atoms with E-state index >= 15 is 0 Å². The smallest absolute Gasteiger partial charge is 0.264 e. The molecule has 1 amide bonds. The fraction of sp³-hybridized carbons (Fsp3) is 0.321. The van der Waals surface area contributed by atoms with Crippen LogP contribution in [0.3, 0.4) is 0 Å². The van der Waals surface area contributed by atoms with Crippen LogP contribution in [-0.4, -0.2) is 41.1 Å². The molecule has 7 nitrogen and oxygen atoms in total. The summed E-state index contributed by atoms with van der Waals surface area (Å²) < 4.78 is 34.2. The standard InChI is InChI=1S/C28H32BrN3O4S/c1-21-6-10-24(11-7-21)32(37(34,35)25-14-15-27(36-2)26(29)18-25)20-28(33)30-19-22-8-12-23(13-9-22)31-16-4-3-5-17-31/h6-15,18H,3-5,16-17,19-20H2,1-2H3,(H,30,33). The van der Waals surface area contributed by atoms with Crippen molar-refractivity contribution in [3.05, 3.63) is 82.3 Å². The highest BCUT2D eigenvalue weighted by molar-refractivity contribution is 9.10. The first-order valence-corrected chi connectivity index (χ1v) is 14.5. The lowest BCUT2D eigenvalue weighted by molar-refractivity contribution is -0.119. The third kappa shape index (κ3) is 6.64. The number of methoxy groups -OCH3 is 1. The highest BCUT2D eigenvalue weighted by Crippen LogP contribution is 2.31. The summed E-state index contributed by atoms with van der Waals surface area (Å²) in [4.78, 5) is 15.4. The first-order valence-electron chi connectivity index (χ1n) is 12.3. The minimum absolute atomic E-state index is 0.0573. The Morgan fingerprint density at radius 2 is 1.68 bits per heavy atom. The van der Waals surface area contributed by atoms with Crippen LogP contribution >= 0.6 is 15.9 Å². The number of hydrogen-bond acceptors (Lipinski definition) is 5. The van der Waals surface area contributed by atoms with Crippen LogP contribution in [-0.2, 0) is 21.4 Å². The number of sulfonamides is 1. The molecular formula is C28H32BrN3O4S. The van der Waals surface area contributed by atoms with Crippen LogP contribution in [0.25, 0.3) is 0 Å². The maximum atomic E-state index is 13.6. The summed E-state index contributed by atoms with van der Waals surface area (Å²) in [6, 6.07) is 19.8. The van der Waals surface area contributed by atoms with Gasteiger partial charge < -0.3 is 15.0 Å². The topological polar surface area (TPSA) is 79.0 Å². The molecule has 0 radical (unpaired) electrons. The molecule has 0 spiro atoms. The van der Waals surface area contributed by atoms with Gasteiger partial charge in [0.1, 0.15) is 12.3 Å². The van der Waals surface area contributed by atoms with E-state index in [1.165, 1.54) is 44.2 Å². The largest absolute Gasteiger partial charge is 0.496 e. The van der Waals surface area contributed by atoms with E-state index in [-0.39, 0.29) is 11.4 Å². The molecule has 1 saturated heterocycles. The molecule has 196 valence electrons. The number of benzene rings is 3. The molecule has 0 aromatic heterocycles. The fourth-order valence-electron chi connectivity index (χ4n) is 4.32. The number of piperidine rings is 1. The number of carbonyl (C=O) groups excluding carboxylic acids is 1. The maximum Gasteiger partial charge on any atom is 0.264 e. The zero-order valence-corrected chi connectivity index (χ0v) is 23.5. The van der Waals surface area contributed by atoms with Gasteiger partial charge in [0, 0.05) is 25.3 Å². The van der Waals surface area contributed by atoms with Crippen molar-refractivity contribution >= 4 is 43.2 Å². The Balaban J connectivity index is 1.49. The Kier molecular flexibility index (Phi) is 8.76. The predicted molar refractivity (Wildman–Crippen MR) is 151 cm³/mol. The molecule has 0 aliphatic carbocycles. The summed E-state index contributed by atoms with van der Waals surface area (Å²) in [5, 5.41) is 2.87. The second kappa shape index (κ2) is 12.0. The summed E-state index contributed by atoms with van der Waals surface area (Å²) in [6.07, 6.45) is 3.71. The first-order chi connectivity index (χ1) is 17.8. The summed E-state index contributed by atoms with van der Waals surface area (Å²) in [5.74, 6) is 0.127. The minimum atomic E-state index is -4.03. The molecule has 1 fully saturated rings. The van der Waals surface area contributed by atoms with Crippen molar-refractivity contribution in [3.63, 3.8) is 0 Å². The van der Waals surface area contributed by atoms with Crippen molar-refractivity contribution in [1.29, 1.82) is 0 Å². The fourth-order valence-corrected chi connectivity index (χ4v) is 6.46. The molecule has 3 aromatic carbocycles. The van der Waals surface area contributed by atoms with Gasteiger partial charge in [-0.2, -0.15) is 0 Å². The molecule has 1 aliphatic rings. The normalized spacial score (nSPS) is 13.8. The van der Waals surface area contributed by atoms with Crippen LogP contribution < -0.4 is 19.3 Å². The average molecular weight is 587 g/mol. The Hall–Kier alpha value is -3.04. The van der Waals surface area contributed by atoms with E-state index in [1.807, 2.05) is 31.2 Å². The molecule has 0 bridgehead atoms. The Morgan fingerprint density at radius 1 is 1.00 bits per heavy atom. The number of ether oxygens (including phenoxy) is 1. The number of amides is 1. The molecule has 0 atom stereocenters. The number of nitrogens with one attached hydrogen (secondary N) is 1. The van der Waals surface area contributed by atoms with Gasteiger partial charge in [-0.25, -0.2) is 8.42 Å². The number of anilines is 2. The van der Waals surface area contributed by atoms with Crippen LogP contribution in [0.15, 0.2) is 76.1 Å². The molecule has 3 aromatic rings. The highest BCUT2D eigenvalue weighted by atomic mass is 79.9. The number of halogens is 1. The minimum Gasteiger partial charge on any atom is -0.496 e. The third-order valence-corrected chi connectivity index (χ3v) is 8.86. The van der Waals surface area contributed by atoms with Crippen molar-refractivity contribution < 1.29 is 17.9 Å². The van der Waals surface area contributed by atoms with E-state index < -0.39 is 15.9 Å². The molecule has 1 N–H and O–H groups in total. The Morgan fingerprint density at radius 3 is 2.30 bits per heavy atom. The summed E-state index contributed by atoms with van der Waals surface area (Å²) in [5.41, 5.74) is 3.55. The lowest BCUT2D eigenvalue weighted by atomic mass is 10.1. The van der Waals surface area contributed by atoms with Crippen LogP contribution in [0.4, 0.5) is 11.4 Å². The van der Waals surface area contributed by atoms with Gasteiger partial charge in [0.05, 0.1) is 22.2 Å². The lowest BCUT2D eigenvalue weighted by Gasteiger charge is -2.28. The molecular weight excluding hydrogens is 554 g/mol. The molecule has 1 heterocycles. The zero-order chi connectivity index (χ0) is 26.4. The van der Waals surface area contributed by atoms with Crippen LogP contribution in [0, 0.1) is 6.92 Å². The van der Waals surface area contributed by atoms with E-state index in [0.717, 1.165) is 28.5 Å². The number of carbonyl (C=O) groups is 1. The monoisotopic (exact) mass is 585 g/mol. The van der Waals surface area contributed by atoms with Gasteiger partial charge in [0.2, 0.25) is 5.91 Å². The van der Waals surface area contributed by atoms with Crippen molar-refractivity contribution in [2.24, 2.45) is 0 Å². The molecule has 1 aliphatic heterocycles. The van der Waals surface area contributed by atoms with E-state index in [4.69, 9.17) is 4.74 Å². The van der Waals surface area contributed by atoms with Gasteiger partial charge in [-0.3, -0.25) is 9.10 Å². The van der Waals surface area contributed by atoms with E-state index in [2.05, 4.69) is 38.3 Å². The van der Waals surface area contributed by atoms with E-state index in [0.29, 0.717) is 22.5 Å². The number of aryl methyl sites for hydroxylation is 1. The predicted octanol–water partition coefficient (Wildman–Crippen LogP) is 5.27. The van der Waals surface area contributed by atoms with Crippen molar-refractivity contribution in [3.8, 4) is 5.75 Å². The molecule has 37 heavy (non-hydrogen) atoms. The van der Waals surface area contributed by atoms with Gasteiger partial charge in [-0.1, -0.05) is 29.8 Å². The Bertz CT molecular complexity index is 1320. The van der Waals surface area contributed by atoms with Crippen LogP contribution in [0.1, 0.15) is 30.4 Å². The van der Waals surface area contributed by atoms with Crippen molar-refractivity contribution in [2.75, 3.05) is 35.9 Å². The van der Waals surface area contributed by atoms with E-state index in [1.54, 1.807) is 18.2 Å². The molecule has 4 rings (SSSR count). The summed E-state index contributed by atoms with van der Waals surface area (Å²) in [6.45, 7) is 4.04. The first kappa shape index (κ1) is 27.0. The van der Waals surface area contributed by atoms with Gasteiger partial charge in [0.25, 0.3) is 10.0 Å². The van der Waals surface area contributed by atoms with Crippen molar-refractivity contribution in [1.82, 2.24) is 5.32 Å².